The van der Waals surface area contributed by atoms with Crippen molar-refractivity contribution in [1.29, 1.82) is 0 Å². The first-order chi connectivity index (χ1) is 10.3. The molecule has 0 amide bonds. The molecule has 110 valence electrons. The summed E-state index contributed by atoms with van der Waals surface area (Å²) in [6.45, 7) is 3.92. The van der Waals surface area contributed by atoms with Gasteiger partial charge in [0.05, 0.1) is 5.69 Å². The van der Waals surface area contributed by atoms with Gasteiger partial charge >= 0.3 is 0 Å². The fraction of sp³-hybridized carbons (Fsp3) is 0.375. The molecular weight excluding hydrogens is 267 g/mol. The van der Waals surface area contributed by atoms with Crippen LogP contribution in [0.2, 0.25) is 0 Å². The lowest BCUT2D eigenvalue weighted by Crippen LogP contribution is -2.29. The van der Waals surface area contributed by atoms with Gasteiger partial charge in [0.2, 0.25) is 5.95 Å². The van der Waals surface area contributed by atoms with Crippen LogP contribution in [0.1, 0.15) is 17.7 Å². The molecule has 0 bridgehead atoms. The van der Waals surface area contributed by atoms with Crippen molar-refractivity contribution in [1.82, 2.24) is 15.3 Å². The SMILES string of the molecule is Fc1ccc(Cc2ccnc(N3CCCNCC3)n2)cc1. The topological polar surface area (TPSA) is 41.1 Å². The highest BCUT2D eigenvalue weighted by Gasteiger charge is 2.12. The summed E-state index contributed by atoms with van der Waals surface area (Å²) in [5.74, 6) is 0.581. The molecule has 1 aliphatic rings. The maximum atomic E-state index is 12.9. The quantitative estimate of drug-likeness (QED) is 0.937. The molecule has 0 unspecified atom stereocenters. The number of rotatable bonds is 3. The van der Waals surface area contributed by atoms with Crippen LogP contribution in [0.4, 0.5) is 10.3 Å². The van der Waals surface area contributed by atoms with Gasteiger partial charge in [0, 0.05) is 32.3 Å². The van der Waals surface area contributed by atoms with E-state index in [-0.39, 0.29) is 5.82 Å². The summed E-state index contributed by atoms with van der Waals surface area (Å²) in [6, 6.07) is 8.48. The Morgan fingerprint density at radius 2 is 1.95 bits per heavy atom. The zero-order chi connectivity index (χ0) is 14.5. The van der Waals surface area contributed by atoms with Crippen molar-refractivity contribution in [3.8, 4) is 0 Å². The molecule has 1 N–H and O–H groups in total. The minimum absolute atomic E-state index is 0.209. The Balaban J connectivity index is 1.74. The molecule has 0 saturated carbocycles. The molecule has 1 aromatic carbocycles. The molecule has 0 atom stereocenters. The van der Waals surface area contributed by atoms with Crippen LogP contribution in [0.15, 0.2) is 36.5 Å². The van der Waals surface area contributed by atoms with Crippen LogP contribution in [-0.2, 0) is 6.42 Å². The summed E-state index contributed by atoms with van der Waals surface area (Å²) in [7, 11) is 0. The number of nitrogens with one attached hydrogen (secondary N) is 1. The van der Waals surface area contributed by atoms with E-state index in [1.807, 2.05) is 6.07 Å². The van der Waals surface area contributed by atoms with Crippen molar-refractivity contribution in [3.63, 3.8) is 0 Å². The van der Waals surface area contributed by atoms with Gasteiger partial charge < -0.3 is 10.2 Å². The standard InChI is InChI=1S/C16H19FN4/c17-14-4-2-13(3-5-14)12-15-6-8-19-16(20-15)21-10-1-7-18-9-11-21/h2-6,8,18H,1,7,9-12H2. The van der Waals surface area contributed by atoms with Crippen LogP contribution >= 0.6 is 0 Å². The monoisotopic (exact) mass is 286 g/mol. The van der Waals surface area contributed by atoms with Gasteiger partial charge in [-0.05, 0) is 36.7 Å². The first-order valence-electron chi connectivity index (χ1n) is 7.33. The number of hydrogen-bond acceptors (Lipinski definition) is 4. The number of anilines is 1. The van der Waals surface area contributed by atoms with Crippen molar-refractivity contribution in [2.75, 3.05) is 31.1 Å². The highest BCUT2D eigenvalue weighted by molar-refractivity contribution is 5.32. The number of nitrogens with zero attached hydrogens (tertiary/aromatic N) is 3. The van der Waals surface area contributed by atoms with Gasteiger partial charge in [-0.25, -0.2) is 14.4 Å². The minimum atomic E-state index is -0.209. The first-order valence-corrected chi connectivity index (χ1v) is 7.33. The molecule has 0 spiro atoms. The second-order valence-corrected chi connectivity index (χ2v) is 5.24. The van der Waals surface area contributed by atoms with Crippen molar-refractivity contribution in [2.45, 2.75) is 12.8 Å². The highest BCUT2D eigenvalue weighted by atomic mass is 19.1. The van der Waals surface area contributed by atoms with Crippen LogP contribution < -0.4 is 10.2 Å². The van der Waals surface area contributed by atoms with Crippen LogP contribution in [0.3, 0.4) is 0 Å². The fourth-order valence-electron chi connectivity index (χ4n) is 2.49. The van der Waals surface area contributed by atoms with E-state index in [0.717, 1.165) is 49.8 Å². The highest BCUT2D eigenvalue weighted by Crippen LogP contribution is 2.13. The van der Waals surface area contributed by atoms with E-state index in [9.17, 15) is 4.39 Å². The average Bonchev–Trinajstić information content (AvgIpc) is 2.79. The molecule has 4 nitrogen and oxygen atoms in total. The lowest BCUT2D eigenvalue weighted by atomic mass is 10.1. The van der Waals surface area contributed by atoms with E-state index in [0.29, 0.717) is 6.42 Å². The molecule has 1 fully saturated rings. The maximum absolute atomic E-state index is 12.9. The Hall–Kier alpha value is -2.01. The van der Waals surface area contributed by atoms with E-state index in [2.05, 4.69) is 20.2 Å². The lowest BCUT2D eigenvalue weighted by molar-refractivity contribution is 0.627. The van der Waals surface area contributed by atoms with Crippen molar-refractivity contribution < 1.29 is 4.39 Å². The van der Waals surface area contributed by atoms with Gasteiger partial charge in [0.15, 0.2) is 0 Å². The van der Waals surface area contributed by atoms with Crippen molar-refractivity contribution >= 4 is 5.95 Å². The Morgan fingerprint density at radius 1 is 1.10 bits per heavy atom. The van der Waals surface area contributed by atoms with Crippen LogP contribution in [0.5, 0.6) is 0 Å². The smallest absolute Gasteiger partial charge is 0.225 e. The Kier molecular flexibility index (Phi) is 4.40. The van der Waals surface area contributed by atoms with Gasteiger partial charge in [-0.2, -0.15) is 0 Å². The molecule has 21 heavy (non-hydrogen) atoms. The van der Waals surface area contributed by atoms with Gasteiger partial charge in [-0.15, -0.1) is 0 Å². The number of benzene rings is 1. The van der Waals surface area contributed by atoms with Crippen molar-refractivity contribution in [3.05, 3.63) is 53.6 Å². The molecule has 1 aromatic heterocycles. The fourth-order valence-corrected chi connectivity index (χ4v) is 2.49. The third-order valence-electron chi connectivity index (χ3n) is 3.62. The molecule has 2 aromatic rings. The van der Waals surface area contributed by atoms with E-state index in [4.69, 9.17) is 0 Å². The molecule has 3 rings (SSSR count). The molecule has 2 heterocycles. The van der Waals surface area contributed by atoms with Gasteiger partial charge in [0.25, 0.3) is 0 Å². The Labute approximate surface area is 124 Å². The van der Waals surface area contributed by atoms with E-state index in [1.54, 1.807) is 18.3 Å². The predicted octanol–water partition coefficient (Wildman–Crippen LogP) is 2.01. The third kappa shape index (κ3) is 3.76. The summed E-state index contributed by atoms with van der Waals surface area (Å²) < 4.78 is 12.9. The number of halogens is 1. The Morgan fingerprint density at radius 3 is 2.81 bits per heavy atom. The summed E-state index contributed by atoms with van der Waals surface area (Å²) in [5, 5.41) is 3.37. The third-order valence-corrected chi connectivity index (χ3v) is 3.62. The molecule has 0 aliphatic carbocycles. The summed E-state index contributed by atoms with van der Waals surface area (Å²) in [6.07, 6.45) is 3.60. The molecule has 0 radical (unpaired) electrons. The van der Waals surface area contributed by atoms with Gasteiger partial charge in [0.1, 0.15) is 5.82 Å². The first kappa shape index (κ1) is 13.9. The summed E-state index contributed by atoms with van der Waals surface area (Å²) in [4.78, 5) is 11.3. The van der Waals surface area contributed by atoms with E-state index >= 15 is 0 Å². The predicted molar refractivity (Wildman–Crippen MR) is 80.9 cm³/mol. The second-order valence-electron chi connectivity index (χ2n) is 5.24. The van der Waals surface area contributed by atoms with Gasteiger partial charge in [-0.1, -0.05) is 12.1 Å². The number of aromatic nitrogens is 2. The maximum Gasteiger partial charge on any atom is 0.225 e. The van der Waals surface area contributed by atoms with Crippen LogP contribution in [-0.4, -0.2) is 36.1 Å². The lowest BCUT2D eigenvalue weighted by Gasteiger charge is -2.20. The van der Waals surface area contributed by atoms with Gasteiger partial charge in [-0.3, -0.25) is 0 Å². The zero-order valence-electron chi connectivity index (χ0n) is 11.9. The summed E-state index contributed by atoms with van der Waals surface area (Å²) >= 11 is 0. The Bertz CT molecular complexity index is 577. The molecule has 5 heteroatoms. The zero-order valence-corrected chi connectivity index (χ0v) is 11.9. The molecule has 1 saturated heterocycles. The van der Waals surface area contributed by atoms with Crippen LogP contribution in [0.25, 0.3) is 0 Å². The van der Waals surface area contributed by atoms with Crippen LogP contribution in [0, 0.1) is 5.82 Å². The molecular formula is C16H19FN4. The minimum Gasteiger partial charge on any atom is -0.339 e. The van der Waals surface area contributed by atoms with E-state index < -0.39 is 0 Å². The summed E-state index contributed by atoms with van der Waals surface area (Å²) in [5.41, 5.74) is 2.02. The van der Waals surface area contributed by atoms with E-state index in [1.165, 1.54) is 12.1 Å². The second kappa shape index (κ2) is 6.63. The molecule has 1 aliphatic heterocycles. The number of hydrogen-bond donors (Lipinski definition) is 1. The largest absolute Gasteiger partial charge is 0.339 e. The van der Waals surface area contributed by atoms with Crippen molar-refractivity contribution in [2.24, 2.45) is 0 Å². The normalized spacial score (nSPS) is 15.8. The average molecular weight is 286 g/mol.